The first-order valence-corrected chi connectivity index (χ1v) is 7.61. The van der Waals surface area contributed by atoms with Crippen molar-refractivity contribution < 1.29 is 0 Å². The number of hydrogen-bond donors (Lipinski definition) is 0. The smallest absolute Gasteiger partial charge is 0.128 e. The molecule has 1 aromatic heterocycles. The van der Waals surface area contributed by atoms with Crippen LogP contribution in [0.1, 0.15) is 44.1 Å². The van der Waals surface area contributed by atoms with Crippen molar-refractivity contribution in [3.8, 4) is 0 Å². The van der Waals surface area contributed by atoms with Gasteiger partial charge in [-0.05, 0) is 42.7 Å². The fourth-order valence-electron chi connectivity index (χ4n) is 3.52. The molecule has 18 heavy (non-hydrogen) atoms. The van der Waals surface area contributed by atoms with Gasteiger partial charge in [0.1, 0.15) is 5.82 Å². The molecule has 0 bridgehead atoms. The third kappa shape index (κ3) is 2.35. The Morgan fingerprint density at radius 2 is 1.83 bits per heavy atom. The molecule has 1 spiro atoms. The van der Waals surface area contributed by atoms with E-state index >= 15 is 0 Å². The SMILES string of the molecule is ClCc1ccc(N2CCC3(CCCC3)CC2)nc1. The van der Waals surface area contributed by atoms with Gasteiger partial charge < -0.3 is 4.90 Å². The first-order chi connectivity index (χ1) is 8.81. The lowest BCUT2D eigenvalue weighted by Gasteiger charge is -2.40. The zero-order valence-corrected chi connectivity index (χ0v) is 11.6. The molecule has 1 saturated carbocycles. The Labute approximate surface area is 114 Å². The second-order valence-corrected chi connectivity index (χ2v) is 6.12. The summed E-state index contributed by atoms with van der Waals surface area (Å²) in [6.07, 6.45) is 10.4. The maximum Gasteiger partial charge on any atom is 0.128 e. The number of halogens is 1. The number of rotatable bonds is 2. The molecule has 2 heterocycles. The molecule has 3 heteroatoms. The van der Waals surface area contributed by atoms with E-state index in [1.807, 2.05) is 6.20 Å². The van der Waals surface area contributed by atoms with Crippen LogP contribution in [-0.4, -0.2) is 18.1 Å². The monoisotopic (exact) mass is 264 g/mol. The van der Waals surface area contributed by atoms with Crippen LogP contribution in [0.25, 0.3) is 0 Å². The van der Waals surface area contributed by atoms with E-state index < -0.39 is 0 Å². The summed E-state index contributed by atoms with van der Waals surface area (Å²) in [5, 5.41) is 0. The summed E-state index contributed by atoms with van der Waals surface area (Å²) in [7, 11) is 0. The minimum atomic E-state index is 0.552. The average Bonchev–Trinajstić information content (AvgIpc) is 2.88. The lowest BCUT2D eigenvalue weighted by atomic mass is 9.77. The molecular formula is C15H21ClN2. The highest BCUT2D eigenvalue weighted by Gasteiger charge is 2.37. The molecule has 1 aromatic rings. The quantitative estimate of drug-likeness (QED) is 0.751. The zero-order valence-electron chi connectivity index (χ0n) is 10.9. The summed E-state index contributed by atoms with van der Waals surface area (Å²) in [5.41, 5.74) is 1.79. The number of hydrogen-bond acceptors (Lipinski definition) is 2. The molecule has 1 aliphatic heterocycles. The van der Waals surface area contributed by atoms with Gasteiger partial charge in [-0.15, -0.1) is 11.6 Å². The third-order valence-electron chi connectivity index (χ3n) is 4.78. The van der Waals surface area contributed by atoms with Gasteiger partial charge in [0.15, 0.2) is 0 Å². The van der Waals surface area contributed by atoms with Gasteiger partial charge in [0.2, 0.25) is 0 Å². The molecule has 0 amide bonds. The number of aromatic nitrogens is 1. The lowest BCUT2D eigenvalue weighted by molar-refractivity contribution is 0.226. The standard InChI is InChI=1S/C15H21ClN2/c16-11-13-3-4-14(17-12-13)18-9-7-15(8-10-18)5-1-2-6-15/h3-4,12H,1-2,5-11H2. The summed E-state index contributed by atoms with van der Waals surface area (Å²) >= 11 is 5.79. The van der Waals surface area contributed by atoms with E-state index in [1.54, 1.807) is 0 Å². The number of nitrogens with zero attached hydrogens (tertiary/aromatic N) is 2. The largest absolute Gasteiger partial charge is 0.357 e. The Morgan fingerprint density at radius 3 is 2.39 bits per heavy atom. The van der Waals surface area contributed by atoms with Crippen LogP contribution in [0, 0.1) is 5.41 Å². The highest BCUT2D eigenvalue weighted by Crippen LogP contribution is 2.46. The van der Waals surface area contributed by atoms with E-state index in [0.717, 1.165) is 11.4 Å². The number of pyridine rings is 1. The van der Waals surface area contributed by atoms with Crippen LogP contribution < -0.4 is 4.90 Å². The molecule has 0 aromatic carbocycles. The molecule has 98 valence electrons. The molecule has 2 fully saturated rings. The predicted molar refractivity (Wildman–Crippen MR) is 76.1 cm³/mol. The molecule has 0 atom stereocenters. The molecule has 0 N–H and O–H groups in total. The van der Waals surface area contributed by atoms with E-state index in [2.05, 4.69) is 22.0 Å². The summed E-state index contributed by atoms with van der Waals surface area (Å²) in [4.78, 5) is 6.96. The Hall–Kier alpha value is -0.760. The summed E-state index contributed by atoms with van der Waals surface area (Å²) in [5.74, 6) is 1.67. The van der Waals surface area contributed by atoms with Crippen LogP contribution in [0.15, 0.2) is 18.3 Å². The van der Waals surface area contributed by atoms with Crippen molar-refractivity contribution in [1.82, 2.24) is 4.98 Å². The Morgan fingerprint density at radius 1 is 1.11 bits per heavy atom. The fraction of sp³-hybridized carbons (Fsp3) is 0.667. The van der Waals surface area contributed by atoms with Crippen LogP contribution in [0.4, 0.5) is 5.82 Å². The van der Waals surface area contributed by atoms with Gasteiger partial charge in [-0.3, -0.25) is 0 Å². The van der Waals surface area contributed by atoms with Gasteiger partial charge in [0.05, 0.1) is 0 Å². The van der Waals surface area contributed by atoms with Crippen molar-refractivity contribution in [1.29, 1.82) is 0 Å². The van der Waals surface area contributed by atoms with Gasteiger partial charge in [-0.25, -0.2) is 4.98 Å². The second kappa shape index (κ2) is 5.08. The Kier molecular flexibility index (Phi) is 3.47. The van der Waals surface area contributed by atoms with Crippen LogP contribution in [-0.2, 0) is 5.88 Å². The molecule has 0 radical (unpaired) electrons. The highest BCUT2D eigenvalue weighted by atomic mass is 35.5. The fourth-order valence-corrected chi connectivity index (χ4v) is 3.68. The van der Waals surface area contributed by atoms with E-state index in [9.17, 15) is 0 Å². The minimum Gasteiger partial charge on any atom is -0.357 e. The predicted octanol–water partition coefficient (Wildman–Crippen LogP) is 3.98. The van der Waals surface area contributed by atoms with Crippen molar-refractivity contribution in [2.45, 2.75) is 44.4 Å². The van der Waals surface area contributed by atoms with Gasteiger partial charge in [0, 0.05) is 25.2 Å². The first-order valence-electron chi connectivity index (χ1n) is 7.07. The molecule has 1 saturated heterocycles. The van der Waals surface area contributed by atoms with Gasteiger partial charge in [0.25, 0.3) is 0 Å². The summed E-state index contributed by atoms with van der Waals surface area (Å²) in [6, 6.07) is 4.21. The summed E-state index contributed by atoms with van der Waals surface area (Å²) in [6.45, 7) is 2.35. The van der Waals surface area contributed by atoms with Crippen LogP contribution in [0.5, 0.6) is 0 Å². The molecule has 3 rings (SSSR count). The normalized spacial score (nSPS) is 22.6. The third-order valence-corrected chi connectivity index (χ3v) is 5.08. The van der Waals surface area contributed by atoms with E-state index in [4.69, 9.17) is 11.6 Å². The summed E-state index contributed by atoms with van der Waals surface area (Å²) < 4.78 is 0. The van der Waals surface area contributed by atoms with Gasteiger partial charge in [-0.1, -0.05) is 18.9 Å². The van der Waals surface area contributed by atoms with Crippen molar-refractivity contribution >= 4 is 17.4 Å². The van der Waals surface area contributed by atoms with Crippen LogP contribution in [0.2, 0.25) is 0 Å². The molecule has 0 unspecified atom stereocenters. The maximum absolute atomic E-state index is 5.79. The van der Waals surface area contributed by atoms with Crippen molar-refractivity contribution in [3.63, 3.8) is 0 Å². The Bertz CT molecular complexity index is 385. The van der Waals surface area contributed by atoms with Crippen LogP contribution in [0.3, 0.4) is 0 Å². The van der Waals surface area contributed by atoms with Crippen molar-refractivity contribution in [2.75, 3.05) is 18.0 Å². The number of alkyl halides is 1. The topological polar surface area (TPSA) is 16.1 Å². The first kappa shape index (κ1) is 12.3. The average molecular weight is 265 g/mol. The van der Waals surface area contributed by atoms with E-state index in [0.29, 0.717) is 11.3 Å². The Balaban J connectivity index is 1.64. The van der Waals surface area contributed by atoms with Crippen LogP contribution >= 0.6 is 11.6 Å². The molecule has 1 aliphatic carbocycles. The minimum absolute atomic E-state index is 0.552. The van der Waals surface area contributed by atoms with E-state index in [1.165, 1.54) is 51.6 Å². The molecular weight excluding hydrogens is 244 g/mol. The van der Waals surface area contributed by atoms with Crippen molar-refractivity contribution in [3.05, 3.63) is 23.9 Å². The van der Waals surface area contributed by atoms with Crippen molar-refractivity contribution in [2.24, 2.45) is 5.41 Å². The number of anilines is 1. The number of piperidine rings is 1. The maximum atomic E-state index is 5.79. The highest BCUT2D eigenvalue weighted by molar-refractivity contribution is 6.17. The van der Waals surface area contributed by atoms with Gasteiger partial charge >= 0.3 is 0 Å². The van der Waals surface area contributed by atoms with E-state index in [-0.39, 0.29) is 0 Å². The molecule has 2 aliphatic rings. The van der Waals surface area contributed by atoms with Gasteiger partial charge in [-0.2, -0.15) is 0 Å². The zero-order chi connectivity index (χ0) is 12.4. The molecule has 2 nitrogen and oxygen atoms in total. The second-order valence-electron chi connectivity index (χ2n) is 5.85. The lowest BCUT2D eigenvalue weighted by Crippen LogP contribution is -2.39.